The Morgan fingerprint density at radius 1 is 0.926 bits per heavy atom. The van der Waals surface area contributed by atoms with Gasteiger partial charge in [-0.25, -0.2) is 0 Å². The van der Waals surface area contributed by atoms with Crippen molar-refractivity contribution in [2.24, 2.45) is 4.99 Å². The van der Waals surface area contributed by atoms with Gasteiger partial charge in [0.2, 0.25) is 0 Å². The Bertz CT molecular complexity index is 802. The van der Waals surface area contributed by atoms with Gasteiger partial charge in [-0.15, -0.1) is 0 Å². The van der Waals surface area contributed by atoms with Crippen LogP contribution >= 0.6 is 0 Å². The molecule has 0 aromatic heterocycles. The fourth-order valence-electron chi connectivity index (χ4n) is 3.50. The van der Waals surface area contributed by atoms with Crippen LogP contribution in [0.2, 0.25) is 0 Å². The molecular formula is C22H29N3O2. The van der Waals surface area contributed by atoms with Crippen molar-refractivity contribution in [1.82, 2.24) is 10.6 Å². The highest BCUT2D eigenvalue weighted by Crippen LogP contribution is 2.27. The molecule has 5 nitrogen and oxygen atoms in total. The minimum Gasteiger partial charge on any atom is -0.493 e. The van der Waals surface area contributed by atoms with Crippen molar-refractivity contribution in [3.63, 3.8) is 0 Å². The molecule has 0 amide bonds. The summed E-state index contributed by atoms with van der Waals surface area (Å²) in [6, 6.07) is 12.8. The second-order valence-corrected chi connectivity index (χ2v) is 6.75. The summed E-state index contributed by atoms with van der Waals surface area (Å²) in [6.07, 6.45) is 4.59. The first-order valence-corrected chi connectivity index (χ1v) is 9.49. The van der Waals surface area contributed by atoms with Crippen LogP contribution in [-0.2, 0) is 25.8 Å². The fourth-order valence-corrected chi connectivity index (χ4v) is 3.50. The van der Waals surface area contributed by atoms with E-state index in [0.29, 0.717) is 0 Å². The second kappa shape index (κ2) is 9.31. The van der Waals surface area contributed by atoms with E-state index in [2.05, 4.69) is 39.9 Å². The molecular weight excluding hydrogens is 338 g/mol. The maximum Gasteiger partial charge on any atom is 0.191 e. The average molecular weight is 367 g/mol. The molecule has 1 aliphatic carbocycles. The molecule has 144 valence electrons. The number of hydrogen-bond acceptors (Lipinski definition) is 3. The second-order valence-electron chi connectivity index (χ2n) is 6.75. The number of ether oxygens (including phenoxy) is 2. The first kappa shape index (κ1) is 19.1. The minimum absolute atomic E-state index is 0.751. The van der Waals surface area contributed by atoms with Crippen LogP contribution in [0.4, 0.5) is 0 Å². The van der Waals surface area contributed by atoms with E-state index < -0.39 is 0 Å². The van der Waals surface area contributed by atoms with Gasteiger partial charge in [0.1, 0.15) is 0 Å². The highest BCUT2D eigenvalue weighted by molar-refractivity contribution is 5.79. The average Bonchev–Trinajstić information content (AvgIpc) is 3.18. The van der Waals surface area contributed by atoms with Gasteiger partial charge in [0.15, 0.2) is 17.5 Å². The maximum atomic E-state index is 5.36. The Morgan fingerprint density at radius 2 is 1.70 bits per heavy atom. The summed E-state index contributed by atoms with van der Waals surface area (Å²) >= 11 is 0. The molecule has 1 aliphatic rings. The van der Waals surface area contributed by atoms with Crippen LogP contribution in [0, 0.1) is 0 Å². The SMILES string of the molecule is CN=C(NCCc1ccc(OC)c(OC)c1)NCc1ccc2c(c1)CCC2. The van der Waals surface area contributed by atoms with Crippen LogP contribution in [0.1, 0.15) is 28.7 Å². The number of fused-ring (bicyclic) bond motifs is 1. The lowest BCUT2D eigenvalue weighted by Gasteiger charge is -2.13. The summed E-state index contributed by atoms with van der Waals surface area (Å²) in [5, 5.41) is 6.77. The first-order valence-electron chi connectivity index (χ1n) is 9.49. The largest absolute Gasteiger partial charge is 0.493 e. The fraction of sp³-hybridized carbons (Fsp3) is 0.409. The Balaban J connectivity index is 1.48. The van der Waals surface area contributed by atoms with Gasteiger partial charge < -0.3 is 20.1 Å². The molecule has 0 saturated carbocycles. The molecule has 2 aromatic rings. The lowest BCUT2D eigenvalue weighted by Crippen LogP contribution is -2.37. The van der Waals surface area contributed by atoms with E-state index in [1.807, 2.05) is 12.1 Å². The molecule has 2 aromatic carbocycles. The van der Waals surface area contributed by atoms with Crippen molar-refractivity contribution in [3.8, 4) is 11.5 Å². The molecule has 0 unspecified atom stereocenters. The molecule has 0 spiro atoms. The van der Waals surface area contributed by atoms with Gasteiger partial charge in [0, 0.05) is 20.1 Å². The highest BCUT2D eigenvalue weighted by atomic mass is 16.5. The van der Waals surface area contributed by atoms with E-state index in [1.54, 1.807) is 21.3 Å². The highest BCUT2D eigenvalue weighted by Gasteiger charge is 2.11. The van der Waals surface area contributed by atoms with Crippen molar-refractivity contribution in [3.05, 3.63) is 58.7 Å². The van der Waals surface area contributed by atoms with Crippen LogP contribution in [0.3, 0.4) is 0 Å². The number of rotatable bonds is 7. The summed E-state index contributed by atoms with van der Waals surface area (Å²) in [5.74, 6) is 2.33. The van der Waals surface area contributed by atoms with Crippen molar-refractivity contribution in [2.75, 3.05) is 27.8 Å². The predicted molar refractivity (Wildman–Crippen MR) is 110 cm³/mol. The zero-order chi connectivity index (χ0) is 19.1. The zero-order valence-electron chi connectivity index (χ0n) is 16.5. The third kappa shape index (κ3) is 4.94. The molecule has 0 aliphatic heterocycles. The van der Waals surface area contributed by atoms with Crippen LogP contribution in [0.5, 0.6) is 11.5 Å². The number of aryl methyl sites for hydroxylation is 2. The van der Waals surface area contributed by atoms with Gasteiger partial charge in [0.05, 0.1) is 14.2 Å². The smallest absolute Gasteiger partial charge is 0.191 e. The number of benzene rings is 2. The number of nitrogens with one attached hydrogen (secondary N) is 2. The van der Waals surface area contributed by atoms with Gasteiger partial charge in [-0.05, 0) is 60.1 Å². The van der Waals surface area contributed by atoms with Crippen LogP contribution in [0.25, 0.3) is 0 Å². The van der Waals surface area contributed by atoms with Crippen molar-refractivity contribution >= 4 is 5.96 Å². The minimum atomic E-state index is 0.751. The van der Waals surface area contributed by atoms with Crippen LogP contribution < -0.4 is 20.1 Å². The first-order chi connectivity index (χ1) is 13.2. The van der Waals surface area contributed by atoms with Gasteiger partial charge in [0.25, 0.3) is 0 Å². The summed E-state index contributed by atoms with van der Waals surface area (Å²) < 4.78 is 10.6. The van der Waals surface area contributed by atoms with E-state index in [-0.39, 0.29) is 0 Å². The van der Waals surface area contributed by atoms with E-state index in [1.165, 1.54) is 41.5 Å². The predicted octanol–water partition coefficient (Wildman–Crippen LogP) is 3.10. The van der Waals surface area contributed by atoms with Gasteiger partial charge in [-0.2, -0.15) is 0 Å². The van der Waals surface area contributed by atoms with E-state index in [0.717, 1.165) is 37.0 Å². The van der Waals surface area contributed by atoms with Crippen molar-refractivity contribution < 1.29 is 9.47 Å². The van der Waals surface area contributed by atoms with Crippen molar-refractivity contribution in [2.45, 2.75) is 32.2 Å². The van der Waals surface area contributed by atoms with E-state index >= 15 is 0 Å². The van der Waals surface area contributed by atoms with Crippen molar-refractivity contribution in [1.29, 1.82) is 0 Å². The van der Waals surface area contributed by atoms with Gasteiger partial charge in [-0.3, -0.25) is 4.99 Å². The molecule has 0 atom stereocenters. The Morgan fingerprint density at radius 3 is 2.48 bits per heavy atom. The molecule has 5 heteroatoms. The Labute approximate surface area is 161 Å². The van der Waals surface area contributed by atoms with Gasteiger partial charge in [-0.1, -0.05) is 24.3 Å². The number of aliphatic imine (C=N–C) groups is 1. The topological polar surface area (TPSA) is 54.9 Å². The third-order valence-electron chi connectivity index (χ3n) is 5.00. The molecule has 0 radical (unpaired) electrons. The third-order valence-corrected chi connectivity index (χ3v) is 5.00. The molecule has 3 rings (SSSR count). The van der Waals surface area contributed by atoms with E-state index in [9.17, 15) is 0 Å². The number of guanidine groups is 1. The number of hydrogen-bond donors (Lipinski definition) is 2. The normalized spacial score (nSPS) is 13.2. The summed E-state index contributed by atoms with van der Waals surface area (Å²) in [6.45, 7) is 1.57. The lowest BCUT2D eigenvalue weighted by molar-refractivity contribution is 0.354. The lowest BCUT2D eigenvalue weighted by atomic mass is 10.1. The maximum absolute atomic E-state index is 5.36. The van der Waals surface area contributed by atoms with Gasteiger partial charge >= 0.3 is 0 Å². The summed E-state index contributed by atoms with van der Waals surface area (Å²) in [5.41, 5.74) is 5.51. The molecule has 27 heavy (non-hydrogen) atoms. The molecule has 2 N–H and O–H groups in total. The number of nitrogens with zero attached hydrogens (tertiary/aromatic N) is 1. The quantitative estimate of drug-likeness (QED) is 0.583. The molecule has 0 saturated heterocycles. The standard InChI is InChI=1S/C22H29N3O2/c1-23-22(25-15-17-7-9-18-5-4-6-19(18)13-17)24-12-11-16-8-10-20(26-2)21(14-16)27-3/h7-10,13-14H,4-6,11-12,15H2,1-3H3,(H2,23,24,25). The number of methoxy groups -OCH3 is 2. The Hall–Kier alpha value is -2.69. The molecule has 0 fully saturated rings. The zero-order valence-corrected chi connectivity index (χ0v) is 16.5. The molecule has 0 heterocycles. The summed E-state index contributed by atoms with van der Waals surface area (Å²) in [4.78, 5) is 4.32. The van der Waals surface area contributed by atoms with E-state index in [4.69, 9.17) is 9.47 Å². The van der Waals surface area contributed by atoms with Crippen LogP contribution in [0.15, 0.2) is 41.4 Å². The monoisotopic (exact) mass is 367 g/mol. The summed E-state index contributed by atoms with van der Waals surface area (Å²) in [7, 11) is 5.11. The van der Waals surface area contributed by atoms with Crippen LogP contribution in [-0.4, -0.2) is 33.8 Å². The Kier molecular flexibility index (Phi) is 6.58. The molecule has 0 bridgehead atoms.